The second-order valence-electron chi connectivity index (χ2n) is 14.4. The van der Waals surface area contributed by atoms with Gasteiger partial charge in [0.05, 0.1) is 16.7 Å². The predicted octanol–water partition coefficient (Wildman–Crippen LogP) is 8.61. The number of halogens is 9. The minimum atomic E-state index is -6.10. The number of hydrogen-bond donors (Lipinski definition) is 1. The van der Waals surface area contributed by atoms with Gasteiger partial charge in [-0.05, 0) is 90.1 Å². The Labute approximate surface area is 334 Å². The largest absolute Gasteiger partial charge is 0.482 e. The van der Waals surface area contributed by atoms with E-state index in [1.54, 1.807) is 26.8 Å². The van der Waals surface area contributed by atoms with Gasteiger partial charge in [0, 0.05) is 6.07 Å². The molecule has 0 radical (unpaired) electrons. The Morgan fingerprint density at radius 1 is 0.593 bits per heavy atom. The van der Waals surface area contributed by atoms with Crippen molar-refractivity contribution in [3.05, 3.63) is 108 Å². The van der Waals surface area contributed by atoms with Gasteiger partial charge in [0.15, 0.2) is 19.0 Å². The normalized spacial score (nSPS) is 12.6. The monoisotopic (exact) mass is 885 g/mol. The van der Waals surface area contributed by atoms with Crippen LogP contribution in [0.1, 0.15) is 58.2 Å². The molecule has 0 atom stereocenters. The third-order valence-electron chi connectivity index (χ3n) is 7.17. The highest BCUT2D eigenvalue weighted by Gasteiger charge is 2.48. The van der Waals surface area contributed by atoms with E-state index >= 15 is 0 Å². The van der Waals surface area contributed by atoms with Crippen molar-refractivity contribution in [2.45, 2.75) is 76.2 Å². The van der Waals surface area contributed by atoms with Crippen LogP contribution in [0.25, 0.3) is 0 Å². The van der Waals surface area contributed by atoms with Gasteiger partial charge >= 0.3 is 30.5 Å². The van der Waals surface area contributed by atoms with Crippen LogP contribution in [-0.2, 0) is 47.7 Å². The van der Waals surface area contributed by atoms with E-state index in [4.69, 9.17) is 23.5 Å². The lowest BCUT2D eigenvalue weighted by Crippen LogP contribution is -2.29. The molecular weight excluding hydrogens is 846 g/mol. The number of carbonyl (C=O) groups excluding carboxylic acids is 2. The molecule has 0 spiro atoms. The van der Waals surface area contributed by atoms with Crippen molar-refractivity contribution in [2.24, 2.45) is 0 Å². The summed E-state index contributed by atoms with van der Waals surface area (Å²) in [5, 5.41) is 3.29. The second kappa shape index (κ2) is 18.6. The van der Waals surface area contributed by atoms with Crippen molar-refractivity contribution in [1.82, 2.24) is 0 Å². The van der Waals surface area contributed by atoms with E-state index < -0.39 is 93.4 Å². The summed E-state index contributed by atoms with van der Waals surface area (Å²) in [4.78, 5) is 21.9. The van der Waals surface area contributed by atoms with E-state index in [0.29, 0.717) is 11.5 Å². The van der Waals surface area contributed by atoms with Crippen LogP contribution in [0.15, 0.2) is 95.9 Å². The molecule has 0 unspecified atom stereocenters. The van der Waals surface area contributed by atoms with Gasteiger partial charge in [0.25, 0.3) is 10.1 Å². The molecule has 0 saturated heterocycles. The lowest BCUT2D eigenvalue weighted by atomic mass is 10.0. The zero-order valence-corrected chi connectivity index (χ0v) is 33.9. The molecule has 4 aromatic carbocycles. The molecule has 9 nitrogen and oxygen atoms in total. The SMILES string of the molecule is CC(C)(C)OC(=O)COc1ccc([PH+](c2ccccc2)c2ccccc2)c(OCC(=O)OC(C)(C)C)c1.O=S(=O)(O)c1c(C(F)(F)F)cc(C(F)(F)F)cc1C(F)(F)F. The van der Waals surface area contributed by atoms with Crippen molar-refractivity contribution >= 4 is 45.9 Å². The minimum absolute atomic E-state index is 0.239. The molecule has 0 aliphatic rings. The van der Waals surface area contributed by atoms with Crippen LogP contribution in [-0.4, -0.2) is 49.3 Å². The van der Waals surface area contributed by atoms with Crippen LogP contribution in [0.2, 0.25) is 0 Å². The first-order chi connectivity index (χ1) is 26.9. The van der Waals surface area contributed by atoms with E-state index in [2.05, 4.69) is 24.3 Å². The zero-order valence-electron chi connectivity index (χ0n) is 32.1. The van der Waals surface area contributed by atoms with Gasteiger partial charge in [-0.1, -0.05) is 36.4 Å². The molecule has 4 rings (SSSR count). The number of esters is 2. The van der Waals surface area contributed by atoms with E-state index in [1.807, 2.05) is 69.3 Å². The summed E-state index contributed by atoms with van der Waals surface area (Å²) >= 11 is 0. The average molecular weight is 886 g/mol. The molecule has 0 aliphatic carbocycles. The predicted molar refractivity (Wildman–Crippen MR) is 200 cm³/mol. The Kier molecular flexibility index (Phi) is 15.3. The standard InChI is InChI=1S/C30H35O6P.C9H3F9O3S/c1-29(2,3)35-27(31)20-33-22-17-18-26(25(19-22)34-21-28(32)36-30(4,5)6)37(23-13-9-7-10-14-23)24-15-11-8-12-16-24;10-7(11,12)3-1-4(8(13,14)15)6(22(19,20)21)5(2-3)9(16,17)18/h7-19H,20-21H2,1-6H3;1-2H,(H,19,20,21)/p+1. The van der Waals surface area contributed by atoms with E-state index in [1.165, 1.54) is 10.6 Å². The molecule has 1 N–H and O–H groups in total. The van der Waals surface area contributed by atoms with Gasteiger partial charge in [-0.3, -0.25) is 4.55 Å². The van der Waals surface area contributed by atoms with Crippen molar-refractivity contribution < 1.29 is 81.0 Å². The summed E-state index contributed by atoms with van der Waals surface area (Å²) in [5.41, 5.74) is -9.12. The second-order valence-corrected chi connectivity index (χ2v) is 18.2. The first kappa shape index (κ1) is 48.5. The molecule has 0 bridgehead atoms. The summed E-state index contributed by atoms with van der Waals surface area (Å²) in [5.74, 6) is 0.0169. The van der Waals surface area contributed by atoms with Crippen LogP contribution in [0, 0.1) is 0 Å². The molecule has 322 valence electrons. The highest BCUT2D eigenvalue weighted by atomic mass is 32.2. The van der Waals surface area contributed by atoms with Gasteiger partial charge < -0.3 is 18.9 Å². The van der Waals surface area contributed by atoms with Crippen molar-refractivity contribution in [3.8, 4) is 11.5 Å². The molecule has 20 heteroatoms. The van der Waals surface area contributed by atoms with Crippen LogP contribution in [0.5, 0.6) is 11.5 Å². The third-order valence-corrected chi connectivity index (χ3v) is 10.9. The highest BCUT2D eigenvalue weighted by molar-refractivity contribution is 7.86. The molecule has 0 fully saturated rings. The van der Waals surface area contributed by atoms with Gasteiger partial charge in [-0.2, -0.15) is 47.9 Å². The lowest BCUT2D eigenvalue weighted by molar-refractivity contribution is -0.158. The van der Waals surface area contributed by atoms with Gasteiger partial charge in [0.1, 0.15) is 45.7 Å². The molecule has 4 aromatic rings. The molecule has 0 aliphatic heterocycles. The fourth-order valence-electron chi connectivity index (χ4n) is 5.12. The molecule has 0 amide bonds. The van der Waals surface area contributed by atoms with Crippen LogP contribution < -0.4 is 25.4 Å². The van der Waals surface area contributed by atoms with Crippen LogP contribution in [0.3, 0.4) is 0 Å². The summed E-state index contributed by atoms with van der Waals surface area (Å²) in [7, 11) is -7.58. The Bertz CT molecular complexity index is 2110. The average Bonchev–Trinajstić information content (AvgIpc) is 3.08. The summed E-state index contributed by atoms with van der Waals surface area (Å²) < 4.78 is 166. The molecule has 59 heavy (non-hydrogen) atoms. The number of benzene rings is 4. The maximum Gasteiger partial charge on any atom is 0.417 e. The van der Waals surface area contributed by atoms with Gasteiger partial charge in [-0.25, -0.2) is 9.59 Å². The smallest absolute Gasteiger partial charge is 0.417 e. The van der Waals surface area contributed by atoms with Crippen LogP contribution >= 0.6 is 7.92 Å². The lowest BCUT2D eigenvalue weighted by Gasteiger charge is -2.21. The quantitative estimate of drug-likeness (QED) is 0.0722. The third kappa shape index (κ3) is 15.0. The Morgan fingerprint density at radius 3 is 1.36 bits per heavy atom. The first-order valence-electron chi connectivity index (χ1n) is 17.1. The maximum absolute atomic E-state index is 12.6. The maximum atomic E-state index is 12.6. The Morgan fingerprint density at radius 2 is 1.00 bits per heavy atom. The Balaban J connectivity index is 0.000000361. The van der Waals surface area contributed by atoms with E-state index in [9.17, 15) is 57.5 Å². The number of hydrogen-bond acceptors (Lipinski definition) is 8. The van der Waals surface area contributed by atoms with Gasteiger partial charge in [-0.15, -0.1) is 0 Å². The molecule has 0 saturated carbocycles. The van der Waals surface area contributed by atoms with Crippen molar-refractivity contribution in [2.75, 3.05) is 13.2 Å². The Hall–Kier alpha value is -4.87. The van der Waals surface area contributed by atoms with Crippen LogP contribution in [0.4, 0.5) is 39.5 Å². The van der Waals surface area contributed by atoms with E-state index in [0.717, 1.165) is 5.30 Å². The number of carbonyl (C=O) groups is 2. The first-order valence-corrected chi connectivity index (χ1v) is 20.0. The number of alkyl halides is 9. The topological polar surface area (TPSA) is 125 Å². The molecular formula is C39H39F9O9PS+. The number of rotatable bonds is 10. The van der Waals surface area contributed by atoms with Crippen molar-refractivity contribution in [3.63, 3.8) is 0 Å². The zero-order chi connectivity index (χ0) is 44.8. The fourth-order valence-corrected chi connectivity index (χ4v) is 8.67. The highest BCUT2D eigenvalue weighted by Crippen LogP contribution is 2.45. The van der Waals surface area contributed by atoms with Crippen molar-refractivity contribution in [1.29, 1.82) is 0 Å². The van der Waals surface area contributed by atoms with E-state index in [-0.39, 0.29) is 13.2 Å². The summed E-state index contributed by atoms with van der Waals surface area (Å²) in [6, 6.07) is 24.3. The minimum Gasteiger partial charge on any atom is -0.482 e. The number of ether oxygens (including phenoxy) is 4. The molecule has 0 aromatic heterocycles. The molecule has 0 heterocycles. The summed E-state index contributed by atoms with van der Waals surface area (Å²) in [6.45, 7) is 10.4. The summed E-state index contributed by atoms with van der Waals surface area (Å²) in [6.07, 6.45) is -17.4. The fraction of sp³-hybridized carbons (Fsp3) is 0.333. The van der Waals surface area contributed by atoms with Gasteiger partial charge in [0.2, 0.25) is 0 Å².